The highest BCUT2D eigenvalue weighted by molar-refractivity contribution is 5.86. The summed E-state index contributed by atoms with van der Waals surface area (Å²) in [4.78, 5) is 18.9. The zero-order valence-electron chi connectivity index (χ0n) is 10.4. The minimum atomic E-state index is -0.596. The van der Waals surface area contributed by atoms with Crippen LogP contribution in [0.1, 0.15) is 16.1 Å². The predicted octanol–water partition coefficient (Wildman–Crippen LogP) is 2.50. The molecule has 1 aromatic heterocycles. The van der Waals surface area contributed by atoms with Gasteiger partial charge < -0.3 is 9.47 Å². The number of nitrogens with zero attached hydrogens (tertiary/aromatic N) is 2. The SMILES string of the molecule is COC(=O)c1cnc(Oc2c(C)cccc2F)cn1. The molecule has 0 amide bonds. The average molecular weight is 262 g/mol. The van der Waals surface area contributed by atoms with Gasteiger partial charge in [0, 0.05) is 0 Å². The highest BCUT2D eigenvalue weighted by Gasteiger charge is 2.11. The molecule has 0 fully saturated rings. The van der Waals surface area contributed by atoms with Crippen molar-refractivity contribution in [1.29, 1.82) is 0 Å². The topological polar surface area (TPSA) is 61.3 Å². The number of rotatable bonds is 3. The molecule has 0 N–H and O–H groups in total. The first-order chi connectivity index (χ1) is 9.11. The third kappa shape index (κ3) is 2.85. The molecule has 2 rings (SSSR count). The van der Waals surface area contributed by atoms with Gasteiger partial charge in [-0.25, -0.2) is 19.2 Å². The maximum absolute atomic E-state index is 13.6. The van der Waals surface area contributed by atoms with Crippen LogP contribution < -0.4 is 4.74 Å². The summed E-state index contributed by atoms with van der Waals surface area (Å²) >= 11 is 0. The molecule has 5 nitrogen and oxygen atoms in total. The molecular weight excluding hydrogens is 251 g/mol. The number of para-hydroxylation sites is 1. The molecule has 0 aliphatic heterocycles. The lowest BCUT2D eigenvalue weighted by atomic mass is 10.2. The summed E-state index contributed by atoms with van der Waals surface area (Å²) in [6, 6.07) is 4.59. The Labute approximate surface area is 109 Å². The summed E-state index contributed by atoms with van der Waals surface area (Å²) in [6.07, 6.45) is 2.44. The summed E-state index contributed by atoms with van der Waals surface area (Å²) in [7, 11) is 1.25. The van der Waals surface area contributed by atoms with E-state index in [1.165, 1.54) is 25.6 Å². The summed E-state index contributed by atoms with van der Waals surface area (Å²) in [6.45, 7) is 1.72. The summed E-state index contributed by atoms with van der Waals surface area (Å²) < 4.78 is 23.3. The van der Waals surface area contributed by atoms with Crippen LogP contribution in [0.15, 0.2) is 30.6 Å². The smallest absolute Gasteiger partial charge is 0.358 e. The largest absolute Gasteiger partial charge is 0.464 e. The molecule has 0 spiro atoms. The van der Waals surface area contributed by atoms with Gasteiger partial charge in [-0.05, 0) is 18.6 Å². The standard InChI is InChI=1S/C13H11FN2O3/c1-8-4-3-5-9(14)12(8)19-11-7-15-10(6-16-11)13(17)18-2/h3-7H,1-2H3. The van der Waals surface area contributed by atoms with Gasteiger partial charge in [0.05, 0.1) is 19.5 Å². The van der Waals surface area contributed by atoms with Crippen molar-refractivity contribution in [2.24, 2.45) is 0 Å². The first-order valence-corrected chi connectivity index (χ1v) is 5.45. The van der Waals surface area contributed by atoms with Crippen LogP contribution in [-0.2, 0) is 4.74 Å². The lowest BCUT2D eigenvalue weighted by Crippen LogP contribution is -2.05. The number of aryl methyl sites for hydroxylation is 1. The molecule has 0 aliphatic carbocycles. The van der Waals surface area contributed by atoms with E-state index in [9.17, 15) is 9.18 Å². The van der Waals surface area contributed by atoms with Crippen LogP contribution in [0.5, 0.6) is 11.6 Å². The fourth-order valence-corrected chi connectivity index (χ4v) is 1.43. The molecular formula is C13H11FN2O3. The van der Waals surface area contributed by atoms with Crippen molar-refractivity contribution in [3.63, 3.8) is 0 Å². The summed E-state index contributed by atoms with van der Waals surface area (Å²) in [5.41, 5.74) is 0.693. The number of ether oxygens (including phenoxy) is 2. The van der Waals surface area contributed by atoms with E-state index in [2.05, 4.69) is 14.7 Å². The molecule has 0 radical (unpaired) electrons. The molecule has 2 aromatic rings. The Kier molecular flexibility index (Phi) is 3.70. The van der Waals surface area contributed by atoms with Crippen molar-refractivity contribution in [2.45, 2.75) is 6.92 Å². The summed E-state index contributed by atoms with van der Waals surface area (Å²) in [5.74, 6) is -0.900. The predicted molar refractivity (Wildman–Crippen MR) is 64.6 cm³/mol. The van der Waals surface area contributed by atoms with Crippen molar-refractivity contribution < 1.29 is 18.7 Å². The number of carbonyl (C=O) groups excluding carboxylic acids is 1. The van der Waals surface area contributed by atoms with Gasteiger partial charge in [-0.15, -0.1) is 0 Å². The fraction of sp³-hybridized carbons (Fsp3) is 0.154. The van der Waals surface area contributed by atoms with E-state index in [0.29, 0.717) is 5.56 Å². The van der Waals surface area contributed by atoms with Crippen LogP contribution in [-0.4, -0.2) is 23.0 Å². The van der Waals surface area contributed by atoms with Crippen LogP contribution >= 0.6 is 0 Å². The molecule has 98 valence electrons. The van der Waals surface area contributed by atoms with Gasteiger partial charge in [0.15, 0.2) is 17.3 Å². The molecule has 19 heavy (non-hydrogen) atoms. The molecule has 0 aliphatic rings. The number of benzene rings is 1. The quantitative estimate of drug-likeness (QED) is 0.795. The number of carbonyl (C=O) groups is 1. The van der Waals surface area contributed by atoms with Gasteiger partial charge in [-0.3, -0.25) is 0 Å². The number of hydrogen-bond donors (Lipinski definition) is 0. The van der Waals surface area contributed by atoms with E-state index < -0.39 is 11.8 Å². The Morgan fingerprint density at radius 2 is 2.05 bits per heavy atom. The van der Waals surface area contributed by atoms with Crippen molar-refractivity contribution in [3.05, 3.63) is 47.7 Å². The van der Waals surface area contributed by atoms with Crippen LogP contribution in [0.4, 0.5) is 4.39 Å². The Hall–Kier alpha value is -2.50. The van der Waals surface area contributed by atoms with E-state index in [1.807, 2.05) is 0 Å². The average Bonchev–Trinajstić information content (AvgIpc) is 2.43. The number of methoxy groups -OCH3 is 1. The fourth-order valence-electron chi connectivity index (χ4n) is 1.43. The van der Waals surface area contributed by atoms with Crippen molar-refractivity contribution >= 4 is 5.97 Å². The second kappa shape index (κ2) is 5.43. The van der Waals surface area contributed by atoms with Gasteiger partial charge >= 0.3 is 5.97 Å². The Morgan fingerprint density at radius 1 is 1.26 bits per heavy atom. The Bertz CT molecular complexity index is 579. The molecule has 0 saturated carbocycles. The molecule has 1 heterocycles. The van der Waals surface area contributed by atoms with Gasteiger partial charge in [-0.1, -0.05) is 12.1 Å². The first kappa shape index (κ1) is 12.9. The highest BCUT2D eigenvalue weighted by Crippen LogP contribution is 2.26. The van der Waals surface area contributed by atoms with Crippen molar-refractivity contribution in [1.82, 2.24) is 9.97 Å². The van der Waals surface area contributed by atoms with Crippen molar-refractivity contribution in [3.8, 4) is 11.6 Å². The Balaban J connectivity index is 2.22. The number of hydrogen-bond acceptors (Lipinski definition) is 5. The minimum Gasteiger partial charge on any atom is -0.464 e. The third-order valence-electron chi connectivity index (χ3n) is 2.39. The summed E-state index contributed by atoms with van der Waals surface area (Å²) in [5, 5.41) is 0. The third-order valence-corrected chi connectivity index (χ3v) is 2.39. The maximum atomic E-state index is 13.6. The van der Waals surface area contributed by atoms with E-state index in [1.54, 1.807) is 19.1 Å². The normalized spacial score (nSPS) is 10.1. The first-order valence-electron chi connectivity index (χ1n) is 5.45. The van der Waals surface area contributed by atoms with Crippen LogP contribution in [0.3, 0.4) is 0 Å². The van der Waals surface area contributed by atoms with Crippen LogP contribution in [0.25, 0.3) is 0 Å². The second-order valence-electron chi connectivity index (χ2n) is 3.72. The Morgan fingerprint density at radius 3 is 2.63 bits per heavy atom. The van der Waals surface area contributed by atoms with Crippen LogP contribution in [0.2, 0.25) is 0 Å². The lowest BCUT2D eigenvalue weighted by Gasteiger charge is -2.08. The monoisotopic (exact) mass is 262 g/mol. The molecule has 1 aromatic carbocycles. The molecule has 0 unspecified atom stereocenters. The molecule has 0 saturated heterocycles. The van der Waals surface area contributed by atoms with Crippen molar-refractivity contribution in [2.75, 3.05) is 7.11 Å². The molecule has 6 heteroatoms. The van der Waals surface area contributed by atoms with E-state index in [0.717, 1.165) is 0 Å². The van der Waals surface area contributed by atoms with E-state index in [-0.39, 0.29) is 17.3 Å². The zero-order valence-corrected chi connectivity index (χ0v) is 10.4. The lowest BCUT2D eigenvalue weighted by molar-refractivity contribution is 0.0593. The van der Waals surface area contributed by atoms with Crippen LogP contribution in [0, 0.1) is 12.7 Å². The maximum Gasteiger partial charge on any atom is 0.358 e. The van der Waals surface area contributed by atoms with Gasteiger partial charge in [0.25, 0.3) is 0 Å². The second-order valence-corrected chi connectivity index (χ2v) is 3.72. The van der Waals surface area contributed by atoms with E-state index in [4.69, 9.17) is 4.74 Å². The molecule has 0 bridgehead atoms. The number of esters is 1. The minimum absolute atomic E-state index is 0.0557. The zero-order chi connectivity index (χ0) is 13.8. The highest BCUT2D eigenvalue weighted by atomic mass is 19.1. The number of halogens is 1. The molecule has 0 atom stereocenters. The van der Waals surface area contributed by atoms with E-state index >= 15 is 0 Å². The van der Waals surface area contributed by atoms with Gasteiger partial charge in [0.2, 0.25) is 5.88 Å². The van der Waals surface area contributed by atoms with Gasteiger partial charge in [-0.2, -0.15) is 0 Å². The number of aromatic nitrogens is 2. The van der Waals surface area contributed by atoms with Gasteiger partial charge in [0.1, 0.15) is 0 Å².